The van der Waals surface area contributed by atoms with Crippen LogP contribution in [0.25, 0.3) is 81.6 Å². The van der Waals surface area contributed by atoms with E-state index < -0.39 is 13.3 Å². The SMILES string of the molecule is c1ccc(-c2nc(-c3cccc(-n4c5ccccc5c5ccc6c7ccccc7sc6c54)c3)[c]3c(n2)-c2cccc[c]2[Ge]3([c]2ccccc2)[c]2ccccc2)cc1. The minimum atomic E-state index is -3.73. The number of thiophene rings is 1. The van der Waals surface area contributed by atoms with Gasteiger partial charge in [0.05, 0.1) is 0 Å². The van der Waals surface area contributed by atoms with Gasteiger partial charge in [0.15, 0.2) is 0 Å². The molecule has 3 aromatic heterocycles. The minimum absolute atomic E-state index is 0.743. The Morgan fingerprint density at radius 2 is 1.07 bits per heavy atom. The predicted octanol–water partition coefficient (Wildman–Crippen LogP) is 10.6. The standard InChI is InChI=1S/C52H33GeN3S/c1-4-17-34(18-5-1)52-54-48(47-49(55-52)43-27-10-13-28-44(43)53(47,36-20-6-2-7-21-36)37-22-8-3-9-23-37)35-19-16-24-38(33-35)56-45-29-14-11-25-39(45)41-31-32-42-40-26-12-15-30-46(40)57-51(42)50(41)56/h1-33H. The van der Waals surface area contributed by atoms with Gasteiger partial charge in [-0.25, -0.2) is 0 Å². The number of rotatable bonds is 5. The van der Waals surface area contributed by atoms with Gasteiger partial charge in [0.2, 0.25) is 0 Å². The van der Waals surface area contributed by atoms with E-state index in [4.69, 9.17) is 9.97 Å². The molecular weight excluding hydrogens is 771 g/mol. The Morgan fingerprint density at radius 1 is 0.456 bits per heavy atom. The van der Waals surface area contributed by atoms with Crippen molar-refractivity contribution in [2.75, 3.05) is 0 Å². The number of aromatic nitrogens is 3. The molecular formula is C52H33GeN3S. The van der Waals surface area contributed by atoms with Gasteiger partial charge in [-0.2, -0.15) is 0 Å². The van der Waals surface area contributed by atoms with Gasteiger partial charge in [-0.3, -0.25) is 0 Å². The van der Waals surface area contributed by atoms with Crippen molar-refractivity contribution in [1.82, 2.24) is 14.5 Å². The van der Waals surface area contributed by atoms with Gasteiger partial charge in [-0.05, 0) is 0 Å². The second-order valence-electron chi connectivity index (χ2n) is 14.9. The molecule has 4 heterocycles. The Labute approximate surface area is 336 Å². The van der Waals surface area contributed by atoms with Gasteiger partial charge in [0.1, 0.15) is 0 Å². The molecule has 0 radical (unpaired) electrons. The first-order valence-corrected chi connectivity index (χ1v) is 24.4. The first-order chi connectivity index (χ1) is 28.3. The number of para-hydroxylation sites is 1. The van der Waals surface area contributed by atoms with E-state index >= 15 is 0 Å². The Morgan fingerprint density at radius 3 is 1.86 bits per heavy atom. The molecule has 1 aliphatic rings. The average molecular weight is 805 g/mol. The van der Waals surface area contributed by atoms with Crippen molar-refractivity contribution in [3.63, 3.8) is 0 Å². The molecule has 0 bridgehead atoms. The van der Waals surface area contributed by atoms with E-state index in [2.05, 4.69) is 205 Å². The van der Waals surface area contributed by atoms with E-state index in [0.29, 0.717) is 0 Å². The fraction of sp³-hybridized carbons (Fsp3) is 0. The van der Waals surface area contributed by atoms with Gasteiger partial charge in [-0.1, -0.05) is 0 Å². The van der Waals surface area contributed by atoms with Crippen LogP contribution in [0.1, 0.15) is 0 Å². The fourth-order valence-corrected chi connectivity index (χ4v) is 21.8. The van der Waals surface area contributed by atoms with E-state index in [1.54, 1.807) is 0 Å². The summed E-state index contributed by atoms with van der Waals surface area (Å²) in [6.07, 6.45) is 0. The summed E-state index contributed by atoms with van der Waals surface area (Å²) in [5.41, 5.74) is 8.94. The monoisotopic (exact) mass is 805 g/mol. The maximum atomic E-state index is 5.67. The molecule has 1 aliphatic heterocycles. The van der Waals surface area contributed by atoms with Gasteiger partial charge in [0, 0.05) is 0 Å². The van der Waals surface area contributed by atoms with Crippen molar-refractivity contribution in [1.29, 1.82) is 0 Å². The third kappa shape index (κ3) is 4.72. The molecule has 8 aromatic carbocycles. The molecule has 3 nitrogen and oxygen atoms in total. The van der Waals surface area contributed by atoms with Gasteiger partial charge in [0.25, 0.3) is 0 Å². The zero-order valence-corrected chi connectivity index (χ0v) is 33.7. The van der Waals surface area contributed by atoms with Crippen molar-refractivity contribution >= 4 is 84.2 Å². The summed E-state index contributed by atoms with van der Waals surface area (Å²) in [6.45, 7) is 0. The van der Waals surface area contributed by atoms with E-state index in [-0.39, 0.29) is 0 Å². The van der Waals surface area contributed by atoms with E-state index in [9.17, 15) is 0 Å². The normalized spacial score (nSPS) is 13.1. The zero-order chi connectivity index (χ0) is 37.5. The van der Waals surface area contributed by atoms with Gasteiger partial charge >= 0.3 is 338 Å². The molecule has 12 rings (SSSR count). The Balaban J connectivity index is 1.20. The van der Waals surface area contributed by atoms with Crippen molar-refractivity contribution < 1.29 is 0 Å². The molecule has 11 aromatic rings. The summed E-state index contributed by atoms with van der Waals surface area (Å²) >= 11 is -1.84. The summed E-state index contributed by atoms with van der Waals surface area (Å²) in [4.78, 5) is 11.2. The predicted molar refractivity (Wildman–Crippen MR) is 243 cm³/mol. The third-order valence-corrected chi connectivity index (χ3v) is 23.3. The summed E-state index contributed by atoms with van der Waals surface area (Å²) in [7, 11) is 0. The van der Waals surface area contributed by atoms with Crippen molar-refractivity contribution in [3.8, 4) is 39.6 Å². The van der Waals surface area contributed by atoms with Crippen LogP contribution in [0.15, 0.2) is 200 Å². The molecule has 0 atom stereocenters. The van der Waals surface area contributed by atoms with Crippen molar-refractivity contribution in [3.05, 3.63) is 200 Å². The molecule has 0 unspecified atom stereocenters. The van der Waals surface area contributed by atoms with E-state index in [1.165, 1.54) is 65.1 Å². The van der Waals surface area contributed by atoms with Crippen LogP contribution < -0.4 is 17.6 Å². The van der Waals surface area contributed by atoms with Crippen LogP contribution in [-0.2, 0) is 0 Å². The number of hydrogen-bond acceptors (Lipinski definition) is 3. The van der Waals surface area contributed by atoms with Crippen LogP contribution in [0.5, 0.6) is 0 Å². The van der Waals surface area contributed by atoms with Crippen LogP contribution in [0, 0.1) is 0 Å². The molecule has 0 saturated heterocycles. The zero-order valence-electron chi connectivity index (χ0n) is 30.8. The van der Waals surface area contributed by atoms with Gasteiger partial charge in [-0.15, -0.1) is 0 Å². The van der Waals surface area contributed by atoms with Crippen molar-refractivity contribution in [2.45, 2.75) is 0 Å². The molecule has 0 amide bonds. The first-order valence-electron chi connectivity index (χ1n) is 19.4. The first kappa shape index (κ1) is 32.6. The van der Waals surface area contributed by atoms with Crippen molar-refractivity contribution in [2.24, 2.45) is 0 Å². The van der Waals surface area contributed by atoms with Crippen LogP contribution in [-0.4, -0.2) is 27.8 Å². The Bertz CT molecular complexity index is 3310. The third-order valence-electron chi connectivity index (χ3n) is 11.9. The molecule has 266 valence electrons. The second kappa shape index (κ2) is 12.7. The number of fused-ring (bicyclic) bond motifs is 10. The Kier molecular flexibility index (Phi) is 7.28. The topological polar surface area (TPSA) is 30.7 Å². The second-order valence-corrected chi connectivity index (χ2v) is 23.7. The number of benzene rings is 8. The van der Waals surface area contributed by atoms with E-state index in [0.717, 1.165) is 34.0 Å². The van der Waals surface area contributed by atoms with Crippen LogP contribution in [0.3, 0.4) is 0 Å². The van der Waals surface area contributed by atoms with Crippen LogP contribution in [0.2, 0.25) is 0 Å². The number of hydrogen-bond donors (Lipinski definition) is 0. The molecule has 0 aliphatic carbocycles. The van der Waals surface area contributed by atoms with E-state index in [1.807, 2.05) is 11.3 Å². The molecule has 5 heteroatoms. The summed E-state index contributed by atoms with van der Waals surface area (Å²) < 4.78 is 10.5. The fourth-order valence-electron chi connectivity index (χ4n) is 9.52. The molecule has 0 saturated carbocycles. The maximum absolute atomic E-state index is 5.67. The average Bonchev–Trinajstić information content (AvgIpc) is 3.94. The Hall–Kier alpha value is -6.60. The molecule has 0 spiro atoms. The molecule has 57 heavy (non-hydrogen) atoms. The molecule has 0 N–H and O–H groups in total. The summed E-state index contributed by atoms with van der Waals surface area (Å²) in [5.74, 6) is 0.743. The van der Waals surface area contributed by atoms with Crippen LogP contribution in [0.4, 0.5) is 0 Å². The number of nitrogens with zero attached hydrogens (tertiary/aromatic N) is 3. The quantitative estimate of drug-likeness (QED) is 0.162. The summed E-state index contributed by atoms with van der Waals surface area (Å²) in [5, 5.41) is 5.12. The van der Waals surface area contributed by atoms with Crippen LogP contribution >= 0.6 is 11.3 Å². The van der Waals surface area contributed by atoms with Gasteiger partial charge < -0.3 is 0 Å². The summed E-state index contributed by atoms with van der Waals surface area (Å²) in [6, 6.07) is 73.3. The molecule has 0 fully saturated rings.